The normalized spacial score (nSPS) is 23.4. The molecule has 0 amide bonds. The first-order valence-corrected chi connectivity index (χ1v) is 5.78. The molecule has 1 N–H and O–H groups in total. The van der Waals surface area contributed by atoms with E-state index in [-0.39, 0.29) is 18.6 Å². The van der Waals surface area contributed by atoms with E-state index in [2.05, 4.69) is 9.72 Å². The van der Waals surface area contributed by atoms with Crippen molar-refractivity contribution in [1.82, 2.24) is 9.55 Å². The third kappa shape index (κ3) is 2.35. The van der Waals surface area contributed by atoms with Crippen molar-refractivity contribution in [3.63, 3.8) is 0 Å². The van der Waals surface area contributed by atoms with E-state index in [9.17, 15) is 18.8 Å². The van der Waals surface area contributed by atoms with Gasteiger partial charge < -0.3 is 4.74 Å². The van der Waals surface area contributed by atoms with Gasteiger partial charge in [0.25, 0.3) is 5.56 Å². The number of carbonyl (C=O) groups is 1. The Morgan fingerprint density at radius 1 is 1.63 bits per heavy atom. The van der Waals surface area contributed by atoms with E-state index in [1.165, 1.54) is 19.3 Å². The van der Waals surface area contributed by atoms with Crippen molar-refractivity contribution >= 4 is 12.2 Å². The van der Waals surface area contributed by atoms with Crippen molar-refractivity contribution in [2.24, 2.45) is 0 Å². The topological polar surface area (TPSA) is 81.2 Å². The summed E-state index contributed by atoms with van der Waals surface area (Å²) >= 11 is 0. The van der Waals surface area contributed by atoms with Gasteiger partial charge in [-0.25, -0.2) is 14.0 Å². The van der Waals surface area contributed by atoms with Crippen LogP contribution in [0.3, 0.4) is 0 Å². The number of rotatable bonds is 3. The molecule has 1 atom stereocenters. The third-order valence-corrected chi connectivity index (χ3v) is 2.86. The Hall–Kier alpha value is -2.18. The van der Waals surface area contributed by atoms with E-state index in [1.54, 1.807) is 6.92 Å². The number of aromatic amines is 1. The van der Waals surface area contributed by atoms with Crippen molar-refractivity contribution in [1.29, 1.82) is 0 Å². The van der Waals surface area contributed by atoms with Gasteiger partial charge in [0.15, 0.2) is 0 Å². The maximum atomic E-state index is 14.0. The minimum atomic E-state index is -2.14. The predicted molar refractivity (Wildman–Crippen MR) is 65.4 cm³/mol. The minimum Gasteiger partial charge on any atom is -0.463 e. The second kappa shape index (κ2) is 4.49. The van der Waals surface area contributed by atoms with Gasteiger partial charge >= 0.3 is 11.7 Å². The maximum absolute atomic E-state index is 14.0. The first kappa shape index (κ1) is 13.3. The molecule has 0 saturated heterocycles. The van der Waals surface area contributed by atoms with E-state index in [1.807, 2.05) is 0 Å². The number of nitrogens with zero attached hydrogens (tertiary/aromatic N) is 1. The van der Waals surface area contributed by atoms with Crippen molar-refractivity contribution in [3.8, 4) is 0 Å². The molecule has 1 aromatic heterocycles. The van der Waals surface area contributed by atoms with Gasteiger partial charge in [0.05, 0.1) is 6.61 Å². The van der Waals surface area contributed by atoms with Crippen LogP contribution in [0.5, 0.6) is 0 Å². The monoisotopic (exact) mass is 268 g/mol. The molecule has 6 nitrogen and oxygen atoms in total. The molecule has 2 rings (SSSR count). The Bertz CT molecular complexity index is 673. The molecule has 0 bridgehead atoms. The zero-order valence-corrected chi connectivity index (χ0v) is 10.5. The Balaban J connectivity index is 2.31. The SMILES string of the molecule is CCOC(=O)C1(F)C/C1=C\n1cc(C)c(=O)[nH]c1=O. The Morgan fingerprint density at radius 3 is 2.95 bits per heavy atom. The summed E-state index contributed by atoms with van der Waals surface area (Å²) < 4.78 is 19.7. The maximum Gasteiger partial charge on any atom is 0.348 e. The highest BCUT2D eigenvalue weighted by atomic mass is 19.1. The lowest BCUT2D eigenvalue weighted by atomic mass is 10.3. The van der Waals surface area contributed by atoms with Crippen LogP contribution < -0.4 is 11.2 Å². The summed E-state index contributed by atoms with van der Waals surface area (Å²) in [4.78, 5) is 36.1. The molecule has 0 radical (unpaired) electrons. The standard InChI is InChI=1S/C12H13FN2O4/c1-3-19-10(17)12(13)4-8(12)6-15-5-7(2)9(16)14-11(15)18/h5-6H,3-4H2,1-2H3,(H,14,16,18)/b8-6+. The molecule has 1 unspecified atom stereocenters. The van der Waals surface area contributed by atoms with Crippen molar-refractivity contribution < 1.29 is 13.9 Å². The molecule has 1 fully saturated rings. The summed E-state index contributed by atoms with van der Waals surface area (Å²) in [5.74, 6) is -0.949. The molecule has 1 aliphatic carbocycles. The van der Waals surface area contributed by atoms with Gasteiger partial charge in [-0.05, 0) is 19.4 Å². The number of halogens is 1. The molecule has 19 heavy (non-hydrogen) atoms. The number of aromatic nitrogens is 2. The number of esters is 1. The fourth-order valence-electron chi connectivity index (χ4n) is 1.66. The van der Waals surface area contributed by atoms with Gasteiger partial charge in [-0.15, -0.1) is 0 Å². The molecule has 0 aliphatic heterocycles. The summed E-state index contributed by atoms with van der Waals surface area (Å²) in [5, 5.41) is 0. The first-order chi connectivity index (χ1) is 8.88. The lowest BCUT2D eigenvalue weighted by molar-refractivity contribution is -0.150. The minimum absolute atomic E-state index is 0.0928. The van der Waals surface area contributed by atoms with Crippen LogP contribution >= 0.6 is 0 Å². The lowest BCUT2D eigenvalue weighted by Gasteiger charge is -2.03. The molecule has 7 heteroatoms. The van der Waals surface area contributed by atoms with Crippen LogP contribution in [0.15, 0.2) is 21.4 Å². The van der Waals surface area contributed by atoms with E-state index in [4.69, 9.17) is 0 Å². The number of ether oxygens (including phenoxy) is 1. The van der Waals surface area contributed by atoms with Crippen molar-refractivity contribution in [2.45, 2.75) is 25.9 Å². The fraction of sp³-hybridized carbons (Fsp3) is 0.417. The zero-order chi connectivity index (χ0) is 14.2. The van der Waals surface area contributed by atoms with Gasteiger partial charge in [-0.1, -0.05) is 0 Å². The first-order valence-electron chi connectivity index (χ1n) is 5.78. The molecular formula is C12H13FN2O4. The molecule has 0 aromatic carbocycles. The van der Waals surface area contributed by atoms with Gasteiger partial charge in [0, 0.05) is 24.4 Å². The van der Waals surface area contributed by atoms with Crippen molar-refractivity contribution in [3.05, 3.63) is 38.2 Å². The highest BCUT2D eigenvalue weighted by molar-refractivity contribution is 5.91. The molecule has 1 aliphatic rings. The molecule has 1 aromatic rings. The number of nitrogens with one attached hydrogen (secondary N) is 1. The highest BCUT2D eigenvalue weighted by Crippen LogP contribution is 2.47. The number of H-pyrrole nitrogens is 1. The highest BCUT2D eigenvalue weighted by Gasteiger charge is 2.58. The molecule has 1 heterocycles. The zero-order valence-electron chi connectivity index (χ0n) is 10.5. The second-order valence-electron chi connectivity index (χ2n) is 4.33. The molecule has 0 spiro atoms. The quantitative estimate of drug-likeness (QED) is 0.803. The third-order valence-electron chi connectivity index (χ3n) is 2.86. The summed E-state index contributed by atoms with van der Waals surface area (Å²) in [7, 11) is 0. The Morgan fingerprint density at radius 2 is 2.32 bits per heavy atom. The van der Waals surface area contributed by atoms with Crippen LogP contribution in [0.25, 0.3) is 6.20 Å². The van der Waals surface area contributed by atoms with E-state index in [0.717, 1.165) is 4.57 Å². The van der Waals surface area contributed by atoms with Crippen LogP contribution in [0, 0.1) is 6.92 Å². The van der Waals surface area contributed by atoms with E-state index < -0.39 is 22.9 Å². The summed E-state index contributed by atoms with van der Waals surface area (Å²) in [6.07, 6.45) is 2.40. The van der Waals surface area contributed by atoms with Crippen LogP contribution in [0.1, 0.15) is 18.9 Å². The summed E-state index contributed by atoms with van der Waals surface area (Å²) in [5.41, 5.74) is -2.84. The number of hydrogen-bond donors (Lipinski definition) is 1. The van der Waals surface area contributed by atoms with Crippen LogP contribution in [-0.2, 0) is 9.53 Å². The number of carbonyl (C=O) groups excluding carboxylic acids is 1. The summed E-state index contributed by atoms with van der Waals surface area (Å²) in [6.45, 7) is 3.20. The molecule has 102 valence electrons. The Kier molecular flexibility index (Phi) is 3.13. The predicted octanol–water partition coefficient (Wildman–Crippen LogP) is 0.361. The lowest BCUT2D eigenvalue weighted by Crippen LogP contribution is -2.28. The van der Waals surface area contributed by atoms with Crippen molar-refractivity contribution in [2.75, 3.05) is 6.61 Å². The average molecular weight is 268 g/mol. The Labute approximate surface area is 107 Å². The number of alkyl halides is 1. The van der Waals surface area contributed by atoms with Gasteiger partial charge in [-0.3, -0.25) is 14.3 Å². The van der Waals surface area contributed by atoms with Gasteiger partial charge in [0.2, 0.25) is 5.67 Å². The number of aryl methyl sites for hydroxylation is 1. The molecular weight excluding hydrogens is 255 g/mol. The fourth-order valence-corrected chi connectivity index (χ4v) is 1.66. The van der Waals surface area contributed by atoms with Crippen LogP contribution in [-0.4, -0.2) is 27.8 Å². The van der Waals surface area contributed by atoms with Crippen LogP contribution in [0.2, 0.25) is 0 Å². The smallest absolute Gasteiger partial charge is 0.348 e. The van der Waals surface area contributed by atoms with Gasteiger partial charge in [0.1, 0.15) is 0 Å². The second-order valence-corrected chi connectivity index (χ2v) is 4.33. The van der Waals surface area contributed by atoms with Crippen LogP contribution in [0.4, 0.5) is 4.39 Å². The summed E-state index contributed by atoms with van der Waals surface area (Å²) in [6, 6.07) is 0. The van der Waals surface area contributed by atoms with Gasteiger partial charge in [-0.2, -0.15) is 0 Å². The van der Waals surface area contributed by atoms with E-state index in [0.29, 0.717) is 5.56 Å². The average Bonchev–Trinajstić information content (AvgIpc) is 2.99. The molecule has 1 saturated carbocycles. The largest absolute Gasteiger partial charge is 0.463 e. The van der Waals surface area contributed by atoms with E-state index >= 15 is 0 Å². The number of hydrogen-bond acceptors (Lipinski definition) is 4.